The molecule has 0 saturated carbocycles. The second kappa shape index (κ2) is 64.8. The normalized spacial score (nSPS) is 14.7. The number of phosphoric ester groups is 2. The highest BCUT2D eigenvalue weighted by Crippen LogP contribution is 2.45. The predicted molar refractivity (Wildman–Crippen MR) is 362 cm³/mol. The van der Waals surface area contributed by atoms with Crippen LogP contribution in [0.2, 0.25) is 0 Å². The molecular weight excluding hydrogens is 1170 g/mol. The van der Waals surface area contributed by atoms with Crippen LogP contribution in [0.1, 0.15) is 290 Å². The Bertz CT molecular complexity index is 1970. The number of phosphoric acid groups is 2. The summed E-state index contributed by atoms with van der Waals surface area (Å²) in [5, 5.41) is 20.5. The van der Waals surface area contributed by atoms with Crippen LogP contribution in [0.25, 0.3) is 0 Å². The summed E-state index contributed by atoms with van der Waals surface area (Å²) in [6.45, 7) is 2.52. The van der Waals surface area contributed by atoms with Gasteiger partial charge in [-0.1, -0.05) is 241 Å². The van der Waals surface area contributed by atoms with E-state index < -0.39 is 91.5 Å². The molecule has 516 valence electrons. The van der Waals surface area contributed by atoms with Gasteiger partial charge < -0.3 is 34.2 Å². The summed E-state index contributed by atoms with van der Waals surface area (Å²) in [6, 6.07) is 0. The maximum atomic E-state index is 12.9. The molecule has 0 aromatic carbocycles. The molecule has 0 saturated heterocycles. The maximum Gasteiger partial charge on any atom is 0.472 e. The third-order valence-electron chi connectivity index (χ3n) is 14.6. The molecule has 0 aliphatic carbocycles. The van der Waals surface area contributed by atoms with Gasteiger partial charge >= 0.3 is 33.6 Å². The number of hydrogen-bond donors (Lipinski definition) is 4. The SMILES string of the molecule is CC/C=C\C/C=C\C/C=C\C/C=C\C/C=C\CCCCCCCCCCCC(=O)OCC(O)COP(=O)(O)OCC(O)COP(=O)(O)OCC(COC(=O)CCCCCCC/C=C\CCCCCCCC)OC(=O)CCCCCCC/C=C\CCCCCC. The molecule has 0 rings (SSSR count). The van der Waals surface area contributed by atoms with E-state index in [0.29, 0.717) is 19.3 Å². The topological polar surface area (TPSA) is 231 Å². The lowest BCUT2D eigenvalue weighted by Crippen LogP contribution is -2.30. The lowest BCUT2D eigenvalue weighted by molar-refractivity contribution is -0.161. The van der Waals surface area contributed by atoms with Crippen molar-refractivity contribution in [1.82, 2.24) is 0 Å². The van der Waals surface area contributed by atoms with Gasteiger partial charge in [-0.25, -0.2) is 9.13 Å². The summed E-state index contributed by atoms with van der Waals surface area (Å²) in [7, 11) is -9.77. The first-order valence-corrected chi connectivity index (χ1v) is 37.9. The van der Waals surface area contributed by atoms with Crippen LogP contribution in [0.4, 0.5) is 0 Å². The van der Waals surface area contributed by atoms with Crippen molar-refractivity contribution in [3.63, 3.8) is 0 Å². The minimum Gasteiger partial charge on any atom is -0.463 e. The molecule has 0 aliphatic heterocycles. The average Bonchev–Trinajstić information content (AvgIpc) is 3.70. The highest BCUT2D eigenvalue weighted by atomic mass is 31.2. The second-order valence-corrected chi connectivity index (χ2v) is 26.2. The smallest absolute Gasteiger partial charge is 0.463 e. The van der Waals surface area contributed by atoms with E-state index in [4.69, 9.17) is 32.3 Å². The number of aliphatic hydroxyl groups excluding tert-OH is 2. The van der Waals surface area contributed by atoms with Crippen LogP contribution in [-0.2, 0) is 55.8 Å². The van der Waals surface area contributed by atoms with Crippen molar-refractivity contribution < 1.29 is 75.8 Å². The van der Waals surface area contributed by atoms with Gasteiger partial charge in [-0.3, -0.25) is 32.5 Å². The molecule has 0 spiro atoms. The highest BCUT2D eigenvalue weighted by Gasteiger charge is 2.29. The Morgan fingerprint density at radius 2 is 0.596 bits per heavy atom. The zero-order valence-corrected chi connectivity index (χ0v) is 57.6. The number of carbonyl (C=O) groups excluding carboxylic acids is 3. The predicted octanol–water partition coefficient (Wildman–Crippen LogP) is 19.3. The quantitative estimate of drug-likeness (QED) is 0.0146. The third kappa shape index (κ3) is 66.0. The van der Waals surface area contributed by atoms with Gasteiger partial charge in [0.15, 0.2) is 6.10 Å². The zero-order chi connectivity index (χ0) is 65.3. The molecule has 5 atom stereocenters. The fraction of sp³-hybridized carbons (Fsp3) is 0.761. The molecule has 0 fully saturated rings. The molecule has 0 aromatic rings. The van der Waals surface area contributed by atoms with Crippen molar-refractivity contribution in [3.8, 4) is 0 Å². The number of allylic oxidation sites excluding steroid dienone is 14. The van der Waals surface area contributed by atoms with E-state index in [9.17, 15) is 43.5 Å². The van der Waals surface area contributed by atoms with Crippen LogP contribution in [0, 0.1) is 0 Å². The largest absolute Gasteiger partial charge is 0.472 e. The summed E-state index contributed by atoms with van der Waals surface area (Å²) in [5.74, 6) is -1.59. The van der Waals surface area contributed by atoms with E-state index in [-0.39, 0.29) is 19.3 Å². The fourth-order valence-corrected chi connectivity index (χ4v) is 10.8. The summed E-state index contributed by atoms with van der Waals surface area (Å²) < 4.78 is 60.8. The highest BCUT2D eigenvalue weighted by molar-refractivity contribution is 7.47. The van der Waals surface area contributed by atoms with Gasteiger partial charge in [0.25, 0.3) is 0 Å². The molecule has 89 heavy (non-hydrogen) atoms. The van der Waals surface area contributed by atoms with Crippen LogP contribution in [-0.4, -0.2) is 95.9 Å². The van der Waals surface area contributed by atoms with Gasteiger partial charge in [0.1, 0.15) is 25.4 Å². The number of ether oxygens (including phenoxy) is 3. The minimum atomic E-state index is -4.92. The van der Waals surface area contributed by atoms with Gasteiger partial charge in [-0.2, -0.15) is 0 Å². The first-order chi connectivity index (χ1) is 43.2. The molecule has 0 heterocycles. The Hall–Kier alpha value is -3.27. The van der Waals surface area contributed by atoms with Gasteiger partial charge in [-0.15, -0.1) is 0 Å². The van der Waals surface area contributed by atoms with Crippen molar-refractivity contribution in [2.75, 3.05) is 39.6 Å². The second-order valence-electron chi connectivity index (χ2n) is 23.3. The Balaban J connectivity index is 4.53. The summed E-state index contributed by atoms with van der Waals surface area (Å²) in [6.07, 6.45) is 69.2. The van der Waals surface area contributed by atoms with E-state index in [1.54, 1.807) is 0 Å². The van der Waals surface area contributed by atoms with E-state index >= 15 is 0 Å². The molecule has 16 nitrogen and oxygen atoms in total. The lowest BCUT2D eigenvalue weighted by atomic mass is 10.1. The van der Waals surface area contributed by atoms with Crippen molar-refractivity contribution in [2.45, 2.75) is 309 Å². The van der Waals surface area contributed by atoms with Crippen LogP contribution in [0.15, 0.2) is 85.1 Å². The van der Waals surface area contributed by atoms with Crippen LogP contribution >= 0.6 is 15.6 Å². The number of unbranched alkanes of at least 4 members (excludes halogenated alkanes) is 29. The number of hydrogen-bond acceptors (Lipinski definition) is 14. The van der Waals surface area contributed by atoms with Crippen molar-refractivity contribution in [3.05, 3.63) is 85.1 Å². The number of rotatable bonds is 66. The fourth-order valence-electron chi connectivity index (χ4n) is 9.23. The standard InChI is InChI=1S/C71H126O16P2/c1-4-7-10-13-16-19-22-25-27-28-29-30-31-32-33-34-35-36-38-41-42-45-48-51-54-57-69(74)81-60-66(72)61-83-88(77,78)84-62-67(73)63-85-89(79,80)86-65-68(87-71(76)59-56-53-50-47-44-39-24-21-18-15-12-9-6-3)64-82-70(75)58-55-52-49-46-43-40-37-26-23-20-17-14-11-8-5-2/h7,10,16,19,21,24-27,29-30,32-33,37,66-68,72-73H,4-6,8-9,11-15,17-18,20,22-23,28,31,34-36,38-65H2,1-3H3,(H,77,78)(H,79,80)/b10-7-,19-16-,24-21-,27-25-,30-29-,33-32-,37-26-. The van der Waals surface area contributed by atoms with Crippen LogP contribution in [0.3, 0.4) is 0 Å². The Morgan fingerprint density at radius 3 is 0.966 bits per heavy atom. The van der Waals surface area contributed by atoms with Crippen molar-refractivity contribution in [2.24, 2.45) is 0 Å². The number of aliphatic hydroxyl groups is 2. The van der Waals surface area contributed by atoms with Crippen LogP contribution in [0.5, 0.6) is 0 Å². The molecular formula is C71H126O16P2. The van der Waals surface area contributed by atoms with Gasteiger partial charge in [0.05, 0.1) is 26.4 Å². The lowest BCUT2D eigenvalue weighted by Gasteiger charge is -2.21. The first-order valence-electron chi connectivity index (χ1n) is 34.9. The van der Waals surface area contributed by atoms with E-state index in [1.807, 2.05) is 0 Å². The van der Waals surface area contributed by atoms with E-state index in [1.165, 1.54) is 89.9 Å². The average molecular weight is 1300 g/mol. The van der Waals surface area contributed by atoms with E-state index in [2.05, 4.69) is 106 Å². The van der Waals surface area contributed by atoms with Crippen molar-refractivity contribution in [1.29, 1.82) is 0 Å². The summed E-state index contributed by atoms with van der Waals surface area (Å²) in [4.78, 5) is 58.3. The van der Waals surface area contributed by atoms with Gasteiger partial charge in [0, 0.05) is 19.3 Å². The molecule has 18 heteroatoms. The number of carbonyl (C=O) groups is 3. The molecule has 0 amide bonds. The third-order valence-corrected chi connectivity index (χ3v) is 16.5. The molecule has 0 aliphatic rings. The minimum absolute atomic E-state index is 0.0946. The van der Waals surface area contributed by atoms with Gasteiger partial charge in [0.2, 0.25) is 0 Å². The summed E-state index contributed by atoms with van der Waals surface area (Å²) in [5.41, 5.74) is 0. The van der Waals surface area contributed by atoms with Crippen LogP contribution < -0.4 is 0 Å². The van der Waals surface area contributed by atoms with Gasteiger partial charge in [-0.05, 0) is 116 Å². The van der Waals surface area contributed by atoms with Crippen molar-refractivity contribution >= 4 is 33.6 Å². The summed E-state index contributed by atoms with van der Waals surface area (Å²) >= 11 is 0. The molecule has 0 aromatic heterocycles. The Kier molecular flexibility index (Phi) is 62.4. The molecule has 5 unspecified atom stereocenters. The zero-order valence-electron chi connectivity index (χ0n) is 55.8. The first kappa shape index (κ1) is 85.7. The molecule has 0 bridgehead atoms. The maximum absolute atomic E-state index is 12.9. The Labute approximate surface area is 540 Å². The molecule has 4 N–H and O–H groups in total. The Morgan fingerprint density at radius 1 is 0.326 bits per heavy atom. The monoisotopic (exact) mass is 1300 g/mol. The van der Waals surface area contributed by atoms with E-state index in [0.717, 1.165) is 141 Å². The molecule has 0 radical (unpaired) electrons. The number of esters is 3.